The molecule has 0 heterocycles. The molecule has 0 unspecified atom stereocenters. The molecular weight excluding hydrogens is 261 g/mol. The van der Waals surface area contributed by atoms with Crippen molar-refractivity contribution in [3.8, 4) is 0 Å². The van der Waals surface area contributed by atoms with Crippen LogP contribution in [0, 0.1) is 0 Å². The average Bonchev–Trinajstić information content (AvgIpc) is 0.811. The van der Waals surface area contributed by atoms with Gasteiger partial charge in [-0.15, -0.1) is 0 Å². The number of hydrogen-bond acceptors (Lipinski definition) is 0. The van der Waals surface area contributed by atoms with Crippen LogP contribution in [0.5, 0.6) is 0 Å². The van der Waals surface area contributed by atoms with E-state index in [-0.39, 0.29) is 21.1 Å². The molecule has 0 spiro atoms. The van der Waals surface area contributed by atoms with Crippen molar-refractivity contribution in [1.82, 2.24) is 0 Å². The van der Waals surface area contributed by atoms with E-state index >= 15 is 0 Å². The molecule has 0 atom stereocenters. The van der Waals surface area contributed by atoms with Crippen molar-refractivity contribution in [3.63, 3.8) is 0 Å². The number of halogens is 3. The second-order valence-corrected chi connectivity index (χ2v) is 5.30. The fourth-order valence-corrected chi connectivity index (χ4v) is 0. The van der Waals surface area contributed by atoms with Crippen LogP contribution in [0.4, 0.5) is 0 Å². The van der Waals surface area contributed by atoms with E-state index in [9.17, 15) is 0 Å². The largest absolute Gasteiger partial charge is 0 e. The van der Waals surface area contributed by atoms with Gasteiger partial charge in [-0.05, 0) is 0 Å². The van der Waals surface area contributed by atoms with Crippen molar-refractivity contribution < 1.29 is 32.0 Å². The van der Waals surface area contributed by atoms with Gasteiger partial charge in [0.15, 0.2) is 0 Å². The summed E-state index contributed by atoms with van der Waals surface area (Å²) in [5.74, 6) is 0. The van der Waals surface area contributed by atoms with E-state index in [1.807, 2.05) is 0 Å². The summed E-state index contributed by atoms with van der Waals surface area (Å²) in [5.41, 5.74) is 0. The number of rotatable bonds is 0. The molecule has 0 nitrogen and oxygen atoms in total. The van der Waals surface area contributed by atoms with Gasteiger partial charge in [0, 0.05) is 21.1 Å². The van der Waals surface area contributed by atoms with Gasteiger partial charge in [-0.3, -0.25) is 0 Å². The minimum Gasteiger partial charge on any atom is 0 e. The Kier molecular flexibility index (Phi) is 12.3. The van der Waals surface area contributed by atoms with Crippen LogP contribution < -0.4 is 0 Å². The van der Waals surface area contributed by atoms with Crippen LogP contribution in [0.3, 0.4) is 0 Å². The summed E-state index contributed by atoms with van der Waals surface area (Å²) >= 11 is 0. The van der Waals surface area contributed by atoms with Gasteiger partial charge in [-0.25, -0.2) is 0 Å². The Balaban J connectivity index is 0. The Bertz CT molecular complexity index is 11.6. The third-order valence-electron chi connectivity index (χ3n) is 0. The minimum atomic E-state index is -1.19. The Hall–Kier alpha value is 2.06. The second-order valence-electron chi connectivity index (χ2n) is 0.143. The third-order valence-corrected chi connectivity index (χ3v) is 0. The molecule has 0 radical (unpaired) electrons. The summed E-state index contributed by atoms with van der Waals surface area (Å²) in [6.07, 6.45) is 0. The van der Waals surface area contributed by atoms with Gasteiger partial charge < -0.3 is 0 Å². The predicted octanol–water partition coefficient (Wildman–Crippen LogP) is 2.06. The molecule has 0 saturated carbocycles. The zero-order valence-corrected chi connectivity index (χ0v) is 7.19. The first-order chi connectivity index (χ1) is 1.73. The van der Waals surface area contributed by atoms with Crippen molar-refractivity contribution in [2.75, 3.05) is 0 Å². The molecule has 0 saturated heterocycles. The van der Waals surface area contributed by atoms with Gasteiger partial charge in [0.25, 0.3) is 0 Å². The molecule has 5 heavy (non-hydrogen) atoms. The monoisotopic (exact) mass is 262 g/mol. The maximum Gasteiger partial charge on any atom is 0 e. The first kappa shape index (κ1) is 10.1. The zero-order chi connectivity index (χ0) is 3.58. The molecule has 0 aromatic rings. The Morgan fingerprint density at radius 3 is 1.00 bits per heavy atom. The maximum absolute atomic E-state index is 4.87. The molecule has 0 aromatic heterocycles. The van der Waals surface area contributed by atoms with Crippen molar-refractivity contribution in [2.24, 2.45) is 0 Å². The molecular formula is Cl3CoMo. The summed E-state index contributed by atoms with van der Waals surface area (Å²) in [6, 6.07) is 0. The van der Waals surface area contributed by atoms with E-state index in [4.69, 9.17) is 30.4 Å². The summed E-state index contributed by atoms with van der Waals surface area (Å²) in [5, 5.41) is 0. The molecule has 0 amide bonds. The summed E-state index contributed by atoms with van der Waals surface area (Å²) < 4.78 is 0. The first-order valence-electron chi connectivity index (χ1n) is 0.378. The Morgan fingerprint density at radius 1 is 1.00 bits per heavy atom. The fourth-order valence-electron chi connectivity index (χ4n) is 0. The third kappa shape index (κ3) is 23.5. The summed E-state index contributed by atoms with van der Waals surface area (Å²) in [4.78, 5) is 0. The quantitative estimate of drug-likeness (QED) is 0.586. The van der Waals surface area contributed by atoms with Crippen LogP contribution in [0.1, 0.15) is 0 Å². The van der Waals surface area contributed by atoms with E-state index < -0.39 is 10.9 Å². The molecule has 5 heteroatoms. The molecule has 0 fully saturated rings. The normalized spacial score (nSPS) is 9.00. The van der Waals surface area contributed by atoms with Gasteiger partial charge >= 0.3 is 41.4 Å². The standard InChI is InChI=1S/3ClH.Co.Mo/h3*1H;;/q;;;+3;/p-3. The van der Waals surface area contributed by atoms with Crippen LogP contribution in [-0.4, -0.2) is 0 Å². The summed E-state index contributed by atoms with van der Waals surface area (Å²) in [7, 11) is 13.4. The second kappa shape index (κ2) is 6.06. The minimum absolute atomic E-state index is 0. The van der Waals surface area contributed by atoms with Crippen LogP contribution in [-0.2, 0) is 32.0 Å². The fraction of sp³-hybridized carbons (Fsp3) is 0. The maximum atomic E-state index is 4.87. The van der Waals surface area contributed by atoms with Crippen LogP contribution in [0.25, 0.3) is 0 Å². The molecule has 0 N–H and O–H groups in total. The topological polar surface area (TPSA) is 0 Å². The van der Waals surface area contributed by atoms with E-state index in [1.54, 1.807) is 0 Å². The molecule has 36 valence electrons. The molecule has 0 aliphatic rings. The number of hydrogen-bond donors (Lipinski definition) is 0. The van der Waals surface area contributed by atoms with Crippen LogP contribution in [0.15, 0.2) is 0 Å². The van der Waals surface area contributed by atoms with E-state index in [2.05, 4.69) is 0 Å². The van der Waals surface area contributed by atoms with Gasteiger partial charge in [-0.2, -0.15) is 0 Å². The Morgan fingerprint density at radius 2 is 1.00 bits per heavy atom. The first-order valence-corrected chi connectivity index (χ1v) is 4.68. The SMILES string of the molecule is [Cl][Co]([Cl])[Cl].[Mo]. The summed E-state index contributed by atoms with van der Waals surface area (Å²) in [6.45, 7) is 0. The zero-order valence-electron chi connectivity index (χ0n) is 1.88. The van der Waals surface area contributed by atoms with E-state index in [1.165, 1.54) is 0 Å². The predicted molar refractivity (Wildman–Crippen MR) is 17.6 cm³/mol. The molecule has 0 aromatic carbocycles. The van der Waals surface area contributed by atoms with Crippen LogP contribution in [0.2, 0.25) is 0 Å². The van der Waals surface area contributed by atoms with Gasteiger partial charge in [-0.1, -0.05) is 0 Å². The van der Waals surface area contributed by atoms with E-state index in [0.29, 0.717) is 0 Å². The molecule has 0 aliphatic carbocycles. The average molecular weight is 261 g/mol. The van der Waals surface area contributed by atoms with Crippen LogP contribution >= 0.6 is 30.4 Å². The van der Waals surface area contributed by atoms with Gasteiger partial charge in [0.2, 0.25) is 0 Å². The van der Waals surface area contributed by atoms with Gasteiger partial charge in [0.05, 0.1) is 0 Å². The molecule has 0 bridgehead atoms. The molecule has 0 rings (SSSR count). The van der Waals surface area contributed by atoms with Crippen molar-refractivity contribution in [1.29, 1.82) is 0 Å². The van der Waals surface area contributed by atoms with Crippen molar-refractivity contribution in [2.45, 2.75) is 0 Å². The van der Waals surface area contributed by atoms with Crippen molar-refractivity contribution in [3.05, 3.63) is 0 Å². The molecule has 0 aliphatic heterocycles. The Labute approximate surface area is 61.9 Å². The smallest absolute Gasteiger partial charge is 0 e. The van der Waals surface area contributed by atoms with Gasteiger partial charge in [0.1, 0.15) is 0 Å². The van der Waals surface area contributed by atoms with Crippen molar-refractivity contribution >= 4 is 30.4 Å². The van der Waals surface area contributed by atoms with E-state index in [0.717, 1.165) is 0 Å².